The summed E-state index contributed by atoms with van der Waals surface area (Å²) in [5.41, 5.74) is -1.37. The fourth-order valence-electron chi connectivity index (χ4n) is 6.06. The standard InChI is InChI=1S/C31H30ClFN4O4/c1-19(38)36-12-10-21(11-13-36)30(2,40)23-14-26-28(27(33)15-23)31(41-3,22-5-7-24(32)8-6-22)37(29(26)39)18-25-9-4-20(16-34)17-35-25/h4-9,14-15,17,21,40H,10-13,18H2,1-3H3. The molecule has 41 heavy (non-hydrogen) atoms. The number of rotatable bonds is 6. The number of fused-ring (bicyclic) bond motifs is 1. The van der Waals surface area contributed by atoms with Gasteiger partial charge in [0.05, 0.1) is 34.5 Å². The first kappa shape index (κ1) is 28.7. The van der Waals surface area contributed by atoms with Crippen molar-refractivity contribution < 1.29 is 23.8 Å². The first-order valence-corrected chi connectivity index (χ1v) is 13.7. The van der Waals surface area contributed by atoms with Gasteiger partial charge in [0.2, 0.25) is 5.91 Å². The molecule has 10 heteroatoms. The average Bonchev–Trinajstić information content (AvgIpc) is 3.22. The van der Waals surface area contributed by atoms with Crippen molar-refractivity contribution in [2.24, 2.45) is 5.92 Å². The quantitative estimate of drug-likeness (QED) is 0.455. The molecule has 2 aliphatic rings. The van der Waals surface area contributed by atoms with Crippen LogP contribution in [0.25, 0.3) is 0 Å². The molecular weight excluding hydrogens is 547 g/mol. The molecule has 1 aromatic heterocycles. The summed E-state index contributed by atoms with van der Waals surface area (Å²) in [6.45, 7) is 4.10. The van der Waals surface area contributed by atoms with Crippen molar-refractivity contribution in [1.82, 2.24) is 14.8 Å². The van der Waals surface area contributed by atoms with Gasteiger partial charge in [0.25, 0.3) is 5.91 Å². The Balaban J connectivity index is 1.61. The Kier molecular flexibility index (Phi) is 7.60. The number of halogens is 2. The van der Waals surface area contributed by atoms with Crippen LogP contribution in [0, 0.1) is 23.1 Å². The molecule has 2 atom stereocenters. The van der Waals surface area contributed by atoms with Gasteiger partial charge in [-0.3, -0.25) is 19.5 Å². The minimum atomic E-state index is -1.64. The summed E-state index contributed by atoms with van der Waals surface area (Å²) in [7, 11) is 1.41. The maximum atomic E-state index is 16.3. The van der Waals surface area contributed by atoms with Crippen LogP contribution in [0.1, 0.15) is 65.0 Å². The van der Waals surface area contributed by atoms with Crippen molar-refractivity contribution in [3.63, 3.8) is 0 Å². The molecule has 3 aromatic rings. The fourth-order valence-corrected chi connectivity index (χ4v) is 6.19. The van der Waals surface area contributed by atoms with Crippen LogP contribution in [0.2, 0.25) is 5.02 Å². The van der Waals surface area contributed by atoms with Gasteiger partial charge in [0.1, 0.15) is 11.9 Å². The Morgan fingerprint density at radius 1 is 1.24 bits per heavy atom. The summed E-state index contributed by atoms with van der Waals surface area (Å²) in [6, 6.07) is 14.7. The molecule has 8 nitrogen and oxygen atoms in total. The zero-order valence-corrected chi connectivity index (χ0v) is 23.8. The molecule has 2 amide bonds. The number of pyridine rings is 1. The number of aliphatic hydroxyl groups is 1. The maximum absolute atomic E-state index is 16.3. The van der Waals surface area contributed by atoms with Crippen molar-refractivity contribution in [2.45, 2.75) is 44.6 Å². The molecule has 0 spiro atoms. The summed E-state index contributed by atoms with van der Waals surface area (Å²) in [6.07, 6.45) is 2.50. The predicted molar refractivity (Wildman–Crippen MR) is 149 cm³/mol. The molecule has 5 rings (SSSR count). The molecule has 1 N–H and O–H groups in total. The van der Waals surface area contributed by atoms with Crippen LogP contribution in [0.5, 0.6) is 0 Å². The number of nitriles is 1. The van der Waals surface area contributed by atoms with E-state index in [2.05, 4.69) is 4.98 Å². The Labute approximate surface area is 242 Å². The highest BCUT2D eigenvalue weighted by molar-refractivity contribution is 6.30. The van der Waals surface area contributed by atoms with Crippen LogP contribution in [-0.2, 0) is 27.4 Å². The molecule has 0 saturated carbocycles. The van der Waals surface area contributed by atoms with Gasteiger partial charge in [-0.15, -0.1) is 0 Å². The van der Waals surface area contributed by atoms with E-state index >= 15 is 4.39 Å². The van der Waals surface area contributed by atoms with Crippen LogP contribution in [0.4, 0.5) is 4.39 Å². The first-order chi connectivity index (χ1) is 19.5. The highest BCUT2D eigenvalue weighted by Crippen LogP contribution is 2.49. The van der Waals surface area contributed by atoms with E-state index in [4.69, 9.17) is 21.6 Å². The highest BCUT2D eigenvalue weighted by Gasteiger charge is 2.54. The minimum absolute atomic E-state index is 0.0211. The first-order valence-electron chi connectivity index (χ1n) is 13.3. The van der Waals surface area contributed by atoms with Gasteiger partial charge in [-0.05, 0) is 67.6 Å². The van der Waals surface area contributed by atoms with Crippen LogP contribution in [-0.4, -0.2) is 51.9 Å². The Morgan fingerprint density at radius 2 is 1.93 bits per heavy atom. The van der Waals surface area contributed by atoms with E-state index in [0.29, 0.717) is 47.8 Å². The number of hydrogen-bond acceptors (Lipinski definition) is 6. The van der Waals surface area contributed by atoms with Crippen LogP contribution in [0.15, 0.2) is 54.7 Å². The van der Waals surface area contributed by atoms with Gasteiger partial charge < -0.3 is 14.7 Å². The highest BCUT2D eigenvalue weighted by atomic mass is 35.5. The Hall–Kier alpha value is -3.84. The smallest absolute Gasteiger partial charge is 0.257 e. The third-order valence-corrected chi connectivity index (χ3v) is 8.66. The van der Waals surface area contributed by atoms with E-state index in [9.17, 15) is 14.7 Å². The number of amides is 2. The second kappa shape index (κ2) is 10.9. The van der Waals surface area contributed by atoms with Gasteiger partial charge in [0, 0.05) is 43.9 Å². The van der Waals surface area contributed by atoms with E-state index < -0.39 is 23.1 Å². The number of carbonyl (C=O) groups excluding carboxylic acids is 2. The largest absolute Gasteiger partial charge is 0.385 e. The lowest BCUT2D eigenvalue weighted by Gasteiger charge is -2.40. The zero-order valence-electron chi connectivity index (χ0n) is 23.0. The lowest BCUT2D eigenvalue weighted by Crippen LogP contribution is -2.46. The van der Waals surface area contributed by atoms with Crippen molar-refractivity contribution in [3.8, 4) is 6.07 Å². The molecule has 1 saturated heterocycles. The molecule has 212 valence electrons. The third kappa shape index (κ3) is 4.86. The number of likely N-dealkylation sites (tertiary alicyclic amines) is 1. The van der Waals surface area contributed by atoms with Crippen LogP contribution in [0.3, 0.4) is 0 Å². The van der Waals surface area contributed by atoms with Gasteiger partial charge in [0.15, 0.2) is 5.72 Å². The second-order valence-corrected chi connectivity index (χ2v) is 11.1. The normalized spacial score (nSPS) is 20.5. The molecular formula is C31H30ClFN4O4. The number of aromatic nitrogens is 1. The molecule has 3 heterocycles. The number of methoxy groups -OCH3 is 1. The number of carbonyl (C=O) groups is 2. The van der Waals surface area contributed by atoms with Gasteiger partial charge in [-0.1, -0.05) is 23.7 Å². The molecule has 2 aliphatic heterocycles. The molecule has 0 bridgehead atoms. The third-order valence-electron chi connectivity index (χ3n) is 8.41. The lowest BCUT2D eigenvalue weighted by atomic mass is 9.76. The summed E-state index contributed by atoms with van der Waals surface area (Å²) >= 11 is 6.15. The number of benzene rings is 2. The Bertz CT molecular complexity index is 1530. The fraction of sp³-hybridized carbons (Fsp3) is 0.355. The van der Waals surface area contributed by atoms with E-state index in [0.717, 1.165) is 0 Å². The van der Waals surface area contributed by atoms with Crippen molar-refractivity contribution in [2.75, 3.05) is 20.2 Å². The van der Waals surface area contributed by atoms with Crippen molar-refractivity contribution in [1.29, 1.82) is 5.26 Å². The van der Waals surface area contributed by atoms with E-state index in [1.54, 1.807) is 54.3 Å². The summed E-state index contributed by atoms with van der Waals surface area (Å²) < 4.78 is 22.4. The Morgan fingerprint density at radius 3 is 2.49 bits per heavy atom. The summed E-state index contributed by atoms with van der Waals surface area (Å²) in [4.78, 5) is 33.4. The predicted octanol–water partition coefficient (Wildman–Crippen LogP) is 4.72. The van der Waals surface area contributed by atoms with Crippen LogP contribution >= 0.6 is 11.6 Å². The number of hydrogen-bond donors (Lipinski definition) is 1. The topological polar surface area (TPSA) is 107 Å². The summed E-state index contributed by atoms with van der Waals surface area (Å²) in [5, 5.41) is 21.3. The van der Waals surface area contributed by atoms with E-state index in [-0.39, 0.29) is 35.1 Å². The molecule has 2 unspecified atom stereocenters. The molecule has 1 fully saturated rings. The number of piperidine rings is 1. The summed E-state index contributed by atoms with van der Waals surface area (Å²) in [5.74, 6) is -1.45. The number of nitrogens with zero attached hydrogens (tertiary/aromatic N) is 4. The lowest BCUT2D eigenvalue weighted by molar-refractivity contribution is -0.132. The van der Waals surface area contributed by atoms with E-state index in [1.165, 1.54) is 31.2 Å². The maximum Gasteiger partial charge on any atom is 0.257 e. The zero-order chi connectivity index (χ0) is 29.5. The monoisotopic (exact) mass is 576 g/mol. The molecule has 0 radical (unpaired) electrons. The van der Waals surface area contributed by atoms with Crippen LogP contribution < -0.4 is 0 Å². The SMILES string of the molecule is COC1(c2ccc(Cl)cc2)c2c(F)cc(C(C)(O)C3CCN(C(C)=O)CC3)cc2C(=O)N1Cc1ccc(C#N)cn1. The van der Waals surface area contributed by atoms with Crippen molar-refractivity contribution >= 4 is 23.4 Å². The molecule has 0 aliphatic carbocycles. The van der Waals surface area contributed by atoms with Crippen molar-refractivity contribution in [3.05, 3.63) is 99.1 Å². The van der Waals surface area contributed by atoms with Gasteiger partial charge in [-0.2, -0.15) is 5.26 Å². The van der Waals surface area contributed by atoms with E-state index in [1.807, 2.05) is 6.07 Å². The second-order valence-electron chi connectivity index (χ2n) is 10.7. The van der Waals surface area contributed by atoms with Gasteiger partial charge in [-0.25, -0.2) is 4.39 Å². The molecule has 2 aromatic carbocycles. The average molecular weight is 577 g/mol. The minimum Gasteiger partial charge on any atom is -0.385 e. The van der Waals surface area contributed by atoms with Gasteiger partial charge >= 0.3 is 0 Å². The number of ether oxygens (including phenoxy) is 1.